The summed E-state index contributed by atoms with van der Waals surface area (Å²) in [6, 6.07) is 17.2. The number of hydrogen-bond acceptors (Lipinski definition) is 4. The van der Waals surface area contributed by atoms with Gasteiger partial charge in [0.1, 0.15) is 18.5 Å². The Hall–Kier alpha value is -3.74. The SMILES string of the molecule is CC(OC(=O)Nc1ccc(-c2cc3ccc(OCCn4ccnc4)cc3n2C2CCC2)cc1)C1CC1. The molecule has 2 aromatic carbocycles. The largest absolute Gasteiger partial charge is 0.492 e. The molecule has 0 saturated heterocycles. The Labute approximate surface area is 211 Å². The van der Waals surface area contributed by atoms with Crippen LogP contribution < -0.4 is 10.1 Å². The van der Waals surface area contributed by atoms with Crippen LogP contribution in [-0.2, 0) is 11.3 Å². The van der Waals surface area contributed by atoms with Crippen LogP contribution in [0.15, 0.2) is 67.3 Å². The minimum absolute atomic E-state index is 0.0257. The lowest BCUT2D eigenvalue weighted by molar-refractivity contribution is 0.108. The van der Waals surface area contributed by atoms with E-state index in [2.05, 4.69) is 45.2 Å². The van der Waals surface area contributed by atoms with Crippen LogP contribution in [0.25, 0.3) is 22.2 Å². The number of fused-ring (bicyclic) bond motifs is 1. The van der Waals surface area contributed by atoms with Gasteiger partial charge >= 0.3 is 6.09 Å². The van der Waals surface area contributed by atoms with E-state index in [0.717, 1.165) is 36.4 Å². The molecule has 1 amide bonds. The number of imidazole rings is 1. The monoisotopic (exact) mass is 484 g/mol. The predicted molar refractivity (Wildman–Crippen MR) is 140 cm³/mol. The molecule has 0 aliphatic heterocycles. The van der Waals surface area contributed by atoms with Crippen molar-refractivity contribution in [3.8, 4) is 17.0 Å². The number of amides is 1. The molecule has 36 heavy (non-hydrogen) atoms. The van der Waals surface area contributed by atoms with E-state index in [1.54, 1.807) is 12.5 Å². The second kappa shape index (κ2) is 9.72. The van der Waals surface area contributed by atoms with Crippen LogP contribution in [0.2, 0.25) is 0 Å². The van der Waals surface area contributed by atoms with Crippen LogP contribution >= 0.6 is 0 Å². The van der Waals surface area contributed by atoms with Crippen LogP contribution in [0.4, 0.5) is 10.5 Å². The van der Waals surface area contributed by atoms with Crippen LogP contribution in [0.1, 0.15) is 45.1 Å². The third kappa shape index (κ3) is 4.83. The topological polar surface area (TPSA) is 70.3 Å². The Morgan fingerprint density at radius 3 is 2.64 bits per heavy atom. The maximum atomic E-state index is 12.2. The fourth-order valence-electron chi connectivity index (χ4n) is 4.94. The van der Waals surface area contributed by atoms with Gasteiger partial charge in [-0.2, -0.15) is 0 Å². The lowest BCUT2D eigenvalue weighted by Crippen LogP contribution is -2.21. The number of hydrogen-bond donors (Lipinski definition) is 1. The summed E-state index contributed by atoms with van der Waals surface area (Å²) in [4.78, 5) is 16.3. The third-order valence-corrected chi connectivity index (χ3v) is 7.44. The summed E-state index contributed by atoms with van der Waals surface area (Å²) < 4.78 is 16.1. The maximum absolute atomic E-state index is 12.2. The first-order valence-electron chi connectivity index (χ1n) is 13.0. The van der Waals surface area contributed by atoms with Gasteiger partial charge in [-0.25, -0.2) is 9.78 Å². The molecule has 4 aromatic rings. The Morgan fingerprint density at radius 1 is 1.11 bits per heavy atom. The molecular formula is C29H32N4O3. The number of rotatable bonds is 9. The van der Waals surface area contributed by atoms with E-state index in [0.29, 0.717) is 18.6 Å². The molecule has 6 rings (SSSR count). The van der Waals surface area contributed by atoms with Gasteiger partial charge in [0.2, 0.25) is 0 Å². The zero-order valence-corrected chi connectivity index (χ0v) is 20.6. The van der Waals surface area contributed by atoms with Gasteiger partial charge in [-0.1, -0.05) is 12.1 Å². The smallest absolute Gasteiger partial charge is 0.411 e. The molecule has 0 bridgehead atoms. The summed E-state index contributed by atoms with van der Waals surface area (Å²) in [6.45, 7) is 3.32. The van der Waals surface area contributed by atoms with Crippen LogP contribution in [-0.4, -0.2) is 32.9 Å². The van der Waals surface area contributed by atoms with Crippen molar-refractivity contribution in [1.82, 2.24) is 14.1 Å². The second-order valence-corrected chi connectivity index (χ2v) is 10.0. The normalized spacial score (nSPS) is 16.5. The van der Waals surface area contributed by atoms with E-state index in [1.165, 1.54) is 35.9 Å². The van der Waals surface area contributed by atoms with Gasteiger partial charge < -0.3 is 18.6 Å². The molecule has 0 spiro atoms. The van der Waals surface area contributed by atoms with Crippen LogP contribution in [0.3, 0.4) is 0 Å². The number of anilines is 1. The van der Waals surface area contributed by atoms with Crippen molar-refractivity contribution < 1.29 is 14.3 Å². The van der Waals surface area contributed by atoms with Crippen molar-refractivity contribution in [3.63, 3.8) is 0 Å². The molecule has 7 heteroatoms. The fourth-order valence-corrected chi connectivity index (χ4v) is 4.94. The van der Waals surface area contributed by atoms with Crippen molar-refractivity contribution in [2.45, 2.75) is 57.7 Å². The van der Waals surface area contributed by atoms with Gasteiger partial charge in [0.05, 0.1) is 18.4 Å². The van der Waals surface area contributed by atoms with E-state index in [9.17, 15) is 4.79 Å². The molecular weight excluding hydrogens is 452 g/mol. The summed E-state index contributed by atoms with van der Waals surface area (Å²) in [5.41, 5.74) is 4.27. The van der Waals surface area contributed by atoms with Crippen molar-refractivity contribution in [1.29, 1.82) is 0 Å². The predicted octanol–water partition coefficient (Wildman–Crippen LogP) is 6.66. The number of nitrogens with one attached hydrogen (secondary N) is 1. The zero-order chi connectivity index (χ0) is 24.5. The molecule has 2 saturated carbocycles. The third-order valence-electron chi connectivity index (χ3n) is 7.44. The molecule has 2 heterocycles. The molecule has 7 nitrogen and oxygen atoms in total. The lowest BCUT2D eigenvalue weighted by atomic mass is 9.92. The lowest BCUT2D eigenvalue weighted by Gasteiger charge is -2.30. The summed E-state index contributed by atoms with van der Waals surface area (Å²) in [5, 5.41) is 4.07. The molecule has 0 radical (unpaired) electrons. The van der Waals surface area contributed by atoms with E-state index in [-0.39, 0.29) is 12.2 Å². The Kier molecular flexibility index (Phi) is 6.13. The van der Waals surface area contributed by atoms with E-state index in [1.807, 2.05) is 35.9 Å². The number of ether oxygens (including phenoxy) is 2. The first-order valence-corrected chi connectivity index (χ1v) is 13.0. The highest BCUT2D eigenvalue weighted by Crippen LogP contribution is 2.41. The average molecular weight is 485 g/mol. The molecule has 2 aliphatic rings. The van der Waals surface area contributed by atoms with Gasteiger partial charge in [-0.3, -0.25) is 5.32 Å². The van der Waals surface area contributed by atoms with Gasteiger partial charge in [0, 0.05) is 41.3 Å². The molecule has 1 unspecified atom stereocenters. The summed E-state index contributed by atoms with van der Waals surface area (Å²) in [7, 11) is 0. The van der Waals surface area contributed by atoms with Crippen LogP contribution in [0.5, 0.6) is 5.75 Å². The quantitative estimate of drug-likeness (QED) is 0.289. The number of nitrogens with zero attached hydrogens (tertiary/aromatic N) is 3. The highest BCUT2D eigenvalue weighted by molar-refractivity contribution is 5.89. The minimum Gasteiger partial charge on any atom is -0.492 e. The summed E-state index contributed by atoms with van der Waals surface area (Å²) >= 11 is 0. The van der Waals surface area contributed by atoms with Crippen LogP contribution in [0, 0.1) is 5.92 Å². The number of carbonyl (C=O) groups excluding carboxylic acids is 1. The van der Waals surface area contributed by atoms with Crippen molar-refractivity contribution in [2.24, 2.45) is 5.92 Å². The minimum atomic E-state index is -0.383. The summed E-state index contributed by atoms with van der Waals surface area (Å²) in [5.74, 6) is 1.40. The van der Waals surface area contributed by atoms with E-state index >= 15 is 0 Å². The molecule has 2 aromatic heterocycles. The number of carbonyl (C=O) groups is 1. The van der Waals surface area contributed by atoms with Gasteiger partial charge in [-0.15, -0.1) is 0 Å². The Bertz CT molecular complexity index is 1340. The first-order chi connectivity index (χ1) is 17.6. The second-order valence-electron chi connectivity index (χ2n) is 10.0. The molecule has 2 fully saturated rings. The molecule has 186 valence electrons. The standard InChI is InChI=1S/C29H32N4O3/c1-20(21-5-6-21)36-29(34)31-24-10-7-22(8-11-24)27-17-23-9-12-26(35-16-15-32-14-13-30-19-32)18-28(23)33(27)25-3-2-4-25/h7-14,17-21,25H,2-6,15-16H2,1H3,(H,31,34). The molecule has 2 aliphatic carbocycles. The van der Waals surface area contributed by atoms with E-state index < -0.39 is 0 Å². The Balaban J connectivity index is 1.20. The maximum Gasteiger partial charge on any atom is 0.411 e. The van der Waals surface area contributed by atoms with Gasteiger partial charge in [0.15, 0.2) is 0 Å². The number of benzene rings is 2. The fraction of sp³-hybridized carbons (Fsp3) is 0.379. The van der Waals surface area contributed by atoms with Crippen molar-refractivity contribution >= 4 is 22.7 Å². The van der Waals surface area contributed by atoms with E-state index in [4.69, 9.17) is 9.47 Å². The Morgan fingerprint density at radius 2 is 1.94 bits per heavy atom. The highest BCUT2D eigenvalue weighted by atomic mass is 16.6. The van der Waals surface area contributed by atoms with Gasteiger partial charge in [-0.05, 0) is 80.8 Å². The van der Waals surface area contributed by atoms with Gasteiger partial charge in [0.25, 0.3) is 0 Å². The molecule has 1 N–H and O–H groups in total. The zero-order valence-electron chi connectivity index (χ0n) is 20.6. The average Bonchev–Trinajstić information content (AvgIpc) is 3.46. The van der Waals surface area contributed by atoms with Crippen molar-refractivity contribution in [3.05, 3.63) is 67.3 Å². The molecule has 1 atom stereocenters. The van der Waals surface area contributed by atoms with Crippen molar-refractivity contribution in [2.75, 3.05) is 11.9 Å². The first kappa shape index (κ1) is 22.7. The summed E-state index contributed by atoms with van der Waals surface area (Å²) in [6.07, 6.45) is 11.1. The highest BCUT2D eigenvalue weighted by Gasteiger charge is 2.30. The number of aromatic nitrogens is 3.